The topological polar surface area (TPSA) is 93.0 Å². The number of hydrogen-bond donors (Lipinski definition) is 2. The molecular weight excluding hydrogens is 330 g/mol. The molecule has 0 saturated carbocycles. The molecule has 0 radical (unpaired) electrons. The SMILES string of the molecule is Cc1cc(C)cc(Nc2ncnc(Nc3ccccc3C)c2[N+](=O)[O-])c1. The van der Waals surface area contributed by atoms with Crippen molar-refractivity contribution >= 4 is 28.7 Å². The smallest absolute Gasteiger partial charge is 0.334 e. The van der Waals surface area contributed by atoms with Crippen molar-refractivity contribution in [3.8, 4) is 0 Å². The maximum absolute atomic E-state index is 11.7. The van der Waals surface area contributed by atoms with E-state index < -0.39 is 4.92 Å². The molecule has 3 aromatic rings. The molecule has 0 unspecified atom stereocenters. The van der Waals surface area contributed by atoms with Gasteiger partial charge in [0, 0.05) is 11.4 Å². The van der Waals surface area contributed by atoms with Crippen molar-refractivity contribution in [3.05, 3.63) is 75.6 Å². The predicted octanol–water partition coefficient (Wildman–Crippen LogP) is 4.80. The Morgan fingerprint density at radius 3 is 2.15 bits per heavy atom. The molecule has 0 aliphatic heterocycles. The van der Waals surface area contributed by atoms with E-state index in [9.17, 15) is 10.1 Å². The molecule has 7 heteroatoms. The van der Waals surface area contributed by atoms with Gasteiger partial charge in [0.1, 0.15) is 6.33 Å². The van der Waals surface area contributed by atoms with Gasteiger partial charge in [0.25, 0.3) is 0 Å². The van der Waals surface area contributed by atoms with Gasteiger partial charge in [-0.15, -0.1) is 0 Å². The highest BCUT2D eigenvalue weighted by atomic mass is 16.6. The Kier molecular flexibility index (Phi) is 4.79. The van der Waals surface area contributed by atoms with E-state index in [2.05, 4.69) is 20.6 Å². The molecule has 3 rings (SSSR count). The molecule has 0 amide bonds. The monoisotopic (exact) mass is 349 g/mol. The van der Waals surface area contributed by atoms with Gasteiger partial charge in [-0.2, -0.15) is 0 Å². The number of anilines is 4. The first-order chi connectivity index (χ1) is 12.4. The molecule has 26 heavy (non-hydrogen) atoms. The quantitative estimate of drug-likeness (QED) is 0.508. The fourth-order valence-corrected chi connectivity index (χ4v) is 2.76. The first-order valence-corrected chi connectivity index (χ1v) is 8.11. The zero-order valence-corrected chi connectivity index (χ0v) is 14.8. The highest BCUT2D eigenvalue weighted by Crippen LogP contribution is 2.33. The van der Waals surface area contributed by atoms with Gasteiger partial charge in [0.15, 0.2) is 0 Å². The normalized spacial score (nSPS) is 10.4. The Labute approximate surface area is 151 Å². The maximum Gasteiger partial charge on any atom is 0.353 e. The van der Waals surface area contributed by atoms with E-state index in [1.54, 1.807) is 0 Å². The number of hydrogen-bond acceptors (Lipinski definition) is 6. The van der Waals surface area contributed by atoms with E-state index in [1.807, 2.05) is 63.2 Å². The number of rotatable bonds is 5. The van der Waals surface area contributed by atoms with Crippen LogP contribution in [0.25, 0.3) is 0 Å². The predicted molar refractivity (Wildman–Crippen MR) is 102 cm³/mol. The fourth-order valence-electron chi connectivity index (χ4n) is 2.76. The Hall–Kier alpha value is -3.48. The van der Waals surface area contributed by atoms with Crippen LogP contribution in [0.3, 0.4) is 0 Å². The second-order valence-corrected chi connectivity index (χ2v) is 6.12. The summed E-state index contributed by atoms with van der Waals surface area (Å²) in [6, 6.07) is 13.4. The van der Waals surface area contributed by atoms with E-state index >= 15 is 0 Å². The molecule has 0 aliphatic rings. The first kappa shape index (κ1) is 17.3. The number of aromatic nitrogens is 2. The average molecular weight is 349 g/mol. The van der Waals surface area contributed by atoms with E-state index in [0.29, 0.717) is 0 Å². The van der Waals surface area contributed by atoms with Gasteiger partial charge in [-0.05, 0) is 55.7 Å². The van der Waals surface area contributed by atoms with Gasteiger partial charge in [-0.3, -0.25) is 10.1 Å². The Morgan fingerprint density at radius 2 is 1.54 bits per heavy atom. The minimum absolute atomic E-state index is 0.145. The molecule has 2 aromatic carbocycles. The summed E-state index contributed by atoms with van der Waals surface area (Å²) < 4.78 is 0. The first-order valence-electron chi connectivity index (χ1n) is 8.11. The summed E-state index contributed by atoms with van der Waals surface area (Å²) in [5.41, 5.74) is 4.38. The lowest BCUT2D eigenvalue weighted by atomic mass is 10.1. The molecule has 1 aromatic heterocycles. The van der Waals surface area contributed by atoms with Crippen molar-refractivity contribution in [2.75, 3.05) is 10.6 Å². The minimum Gasteiger partial charge on any atom is -0.334 e. The van der Waals surface area contributed by atoms with Crippen LogP contribution in [0.2, 0.25) is 0 Å². The van der Waals surface area contributed by atoms with Crippen LogP contribution in [0, 0.1) is 30.9 Å². The Balaban J connectivity index is 2.01. The van der Waals surface area contributed by atoms with Crippen LogP contribution in [0.15, 0.2) is 48.8 Å². The summed E-state index contributed by atoms with van der Waals surface area (Å²) in [6.07, 6.45) is 1.30. The number of nitrogens with one attached hydrogen (secondary N) is 2. The summed E-state index contributed by atoms with van der Waals surface area (Å²) in [7, 11) is 0. The van der Waals surface area contributed by atoms with Gasteiger partial charge in [0.2, 0.25) is 11.6 Å². The largest absolute Gasteiger partial charge is 0.353 e. The van der Waals surface area contributed by atoms with Crippen LogP contribution in [0.5, 0.6) is 0 Å². The summed E-state index contributed by atoms with van der Waals surface area (Å²) in [6.45, 7) is 5.86. The molecule has 132 valence electrons. The van der Waals surface area contributed by atoms with Crippen molar-refractivity contribution in [2.24, 2.45) is 0 Å². The third-order valence-corrected chi connectivity index (χ3v) is 3.89. The lowest BCUT2D eigenvalue weighted by molar-refractivity contribution is -0.383. The highest BCUT2D eigenvalue weighted by molar-refractivity contribution is 5.77. The molecule has 0 saturated heterocycles. The molecule has 0 spiro atoms. The van der Waals surface area contributed by atoms with Crippen molar-refractivity contribution in [1.82, 2.24) is 9.97 Å². The molecule has 2 N–H and O–H groups in total. The average Bonchev–Trinajstić information content (AvgIpc) is 2.56. The zero-order valence-electron chi connectivity index (χ0n) is 14.8. The lowest BCUT2D eigenvalue weighted by Crippen LogP contribution is -2.06. The van der Waals surface area contributed by atoms with E-state index in [4.69, 9.17) is 0 Å². The standard InChI is InChI=1S/C19H19N5O2/c1-12-8-13(2)10-15(9-12)22-18-17(24(25)26)19(21-11-20-18)23-16-7-5-4-6-14(16)3/h4-11H,1-3H3,(H2,20,21,22,23). The van der Waals surface area contributed by atoms with Crippen LogP contribution >= 0.6 is 0 Å². The molecule has 0 bridgehead atoms. The number of nitro groups is 1. The van der Waals surface area contributed by atoms with Gasteiger partial charge in [0.05, 0.1) is 4.92 Å². The lowest BCUT2D eigenvalue weighted by Gasteiger charge is -2.12. The summed E-state index contributed by atoms with van der Waals surface area (Å²) in [5.74, 6) is 0.289. The van der Waals surface area contributed by atoms with Gasteiger partial charge in [-0.1, -0.05) is 24.3 Å². The number of aryl methyl sites for hydroxylation is 3. The van der Waals surface area contributed by atoms with Crippen LogP contribution in [0.4, 0.5) is 28.7 Å². The number of benzene rings is 2. The van der Waals surface area contributed by atoms with Crippen molar-refractivity contribution in [1.29, 1.82) is 0 Å². The number of nitrogens with zero attached hydrogens (tertiary/aromatic N) is 3. The third-order valence-electron chi connectivity index (χ3n) is 3.89. The minimum atomic E-state index is -0.481. The molecule has 1 heterocycles. The third kappa shape index (κ3) is 3.77. The van der Waals surface area contributed by atoms with Crippen LogP contribution < -0.4 is 10.6 Å². The molecule has 0 atom stereocenters. The summed E-state index contributed by atoms with van der Waals surface area (Å²) in [5, 5.41) is 17.8. The van der Waals surface area contributed by atoms with E-state index in [0.717, 1.165) is 28.1 Å². The van der Waals surface area contributed by atoms with Crippen molar-refractivity contribution in [3.63, 3.8) is 0 Å². The molecule has 0 aliphatic carbocycles. The fraction of sp³-hybridized carbons (Fsp3) is 0.158. The highest BCUT2D eigenvalue weighted by Gasteiger charge is 2.23. The zero-order chi connectivity index (χ0) is 18.7. The molecule has 7 nitrogen and oxygen atoms in total. The van der Waals surface area contributed by atoms with Crippen LogP contribution in [-0.2, 0) is 0 Å². The Bertz CT molecular complexity index is 952. The maximum atomic E-state index is 11.7. The van der Waals surface area contributed by atoms with Crippen molar-refractivity contribution in [2.45, 2.75) is 20.8 Å². The molecular formula is C19H19N5O2. The van der Waals surface area contributed by atoms with Crippen molar-refractivity contribution < 1.29 is 4.92 Å². The van der Waals surface area contributed by atoms with Gasteiger partial charge in [-0.25, -0.2) is 9.97 Å². The summed E-state index contributed by atoms with van der Waals surface area (Å²) in [4.78, 5) is 19.4. The molecule has 0 fully saturated rings. The second-order valence-electron chi connectivity index (χ2n) is 6.12. The van der Waals surface area contributed by atoms with Gasteiger partial charge >= 0.3 is 5.69 Å². The number of para-hydroxylation sites is 1. The van der Waals surface area contributed by atoms with E-state index in [-0.39, 0.29) is 17.3 Å². The van der Waals surface area contributed by atoms with Crippen LogP contribution in [-0.4, -0.2) is 14.9 Å². The van der Waals surface area contributed by atoms with Gasteiger partial charge < -0.3 is 10.6 Å². The van der Waals surface area contributed by atoms with Crippen LogP contribution in [0.1, 0.15) is 16.7 Å². The summed E-state index contributed by atoms with van der Waals surface area (Å²) >= 11 is 0. The van der Waals surface area contributed by atoms with E-state index in [1.165, 1.54) is 6.33 Å². The Morgan fingerprint density at radius 1 is 0.923 bits per heavy atom. The second kappa shape index (κ2) is 7.18.